The summed E-state index contributed by atoms with van der Waals surface area (Å²) in [6, 6.07) is 23.7. The zero-order chi connectivity index (χ0) is 29.9. The second-order valence-electron chi connectivity index (χ2n) is 11.4. The van der Waals surface area contributed by atoms with Crippen molar-refractivity contribution in [3.8, 4) is 16.9 Å². The van der Waals surface area contributed by atoms with Crippen molar-refractivity contribution in [1.29, 1.82) is 0 Å². The average molecular weight is 569 g/mol. The van der Waals surface area contributed by atoms with Gasteiger partial charge in [-0.15, -0.1) is 0 Å². The number of benzene rings is 3. The molecule has 0 radical (unpaired) electrons. The lowest BCUT2D eigenvalue weighted by Gasteiger charge is -2.32. The second-order valence-corrected chi connectivity index (χ2v) is 11.4. The van der Waals surface area contributed by atoms with Gasteiger partial charge in [-0.1, -0.05) is 66.7 Å². The first-order chi connectivity index (χ1) is 20.1. The van der Waals surface area contributed by atoms with Crippen LogP contribution in [0.15, 0.2) is 78.3 Å². The summed E-state index contributed by atoms with van der Waals surface area (Å²) in [4.78, 5) is 24.3. The van der Waals surface area contributed by atoms with Gasteiger partial charge in [0.1, 0.15) is 12.4 Å². The topological polar surface area (TPSA) is 92.3 Å². The Morgan fingerprint density at radius 2 is 1.45 bits per heavy atom. The van der Waals surface area contributed by atoms with Crippen molar-refractivity contribution >= 4 is 25.3 Å². The van der Waals surface area contributed by atoms with Crippen LogP contribution in [-0.4, -0.2) is 57.3 Å². The van der Waals surface area contributed by atoms with E-state index in [0.717, 1.165) is 22.2 Å². The van der Waals surface area contributed by atoms with Crippen molar-refractivity contribution in [2.24, 2.45) is 0 Å². The number of ether oxygens (including phenoxy) is 3. The average Bonchev–Trinajstić information content (AvgIpc) is 3.42. The normalized spacial score (nSPS) is 16.9. The minimum absolute atomic E-state index is 0.0267. The molecule has 1 aliphatic carbocycles. The number of esters is 1. The van der Waals surface area contributed by atoms with E-state index in [9.17, 15) is 9.59 Å². The highest BCUT2D eigenvalue weighted by Gasteiger charge is 2.52. The number of hydrogen-bond acceptors (Lipinski definition) is 7. The number of carbonyl (C=O) groups is 2. The van der Waals surface area contributed by atoms with E-state index in [1.165, 1.54) is 18.2 Å². The predicted molar refractivity (Wildman–Crippen MR) is 161 cm³/mol. The number of nitrogens with one attached hydrogen (secondary N) is 1. The molecular formula is C33H36BNO7. The van der Waals surface area contributed by atoms with Crippen LogP contribution >= 0.6 is 0 Å². The molecule has 1 amide bonds. The van der Waals surface area contributed by atoms with Gasteiger partial charge in [0.15, 0.2) is 6.61 Å². The molecule has 0 atom stereocenters. The number of carbonyl (C=O) groups excluding carboxylic acids is 2. The fourth-order valence-corrected chi connectivity index (χ4v) is 5.10. The molecule has 1 saturated heterocycles. The lowest BCUT2D eigenvalue weighted by Crippen LogP contribution is -2.41. The monoisotopic (exact) mass is 569 g/mol. The van der Waals surface area contributed by atoms with Crippen LogP contribution in [0.1, 0.15) is 50.3 Å². The van der Waals surface area contributed by atoms with Gasteiger partial charge in [-0.2, -0.15) is 0 Å². The Morgan fingerprint density at radius 1 is 0.881 bits per heavy atom. The van der Waals surface area contributed by atoms with Gasteiger partial charge < -0.3 is 28.8 Å². The summed E-state index contributed by atoms with van der Waals surface area (Å²) in [5, 5.41) is 2.89. The fourth-order valence-electron chi connectivity index (χ4n) is 5.10. The Morgan fingerprint density at radius 3 is 2.02 bits per heavy atom. The molecule has 0 aromatic heterocycles. The maximum Gasteiger partial charge on any atom is 0.492 e. The van der Waals surface area contributed by atoms with Crippen molar-refractivity contribution in [2.75, 3.05) is 26.9 Å². The van der Waals surface area contributed by atoms with Gasteiger partial charge in [-0.25, -0.2) is 9.59 Å². The molecule has 3 aromatic carbocycles. The first-order valence-electron chi connectivity index (χ1n) is 14.0. The van der Waals surface area contributed by atoms with E-state index in [1.54, 1.807) is 12.1 Å². The quantitative estimate of drug-likeness (QED) is 0.258. The van der Waals surface area contributed by atoms with Gasteiger partial charge in [-0.05, 0) is 73.1 Å². The number of alkyl carbamates (subject to hydrolysis) is 1. The van der Waals surface area contributed by atoms with Crippen molar-refractivity contribution in [3.05, 3.63) is 95.0 Å². The van der Waals surface area contributed by atoms with Crippen LogP contribution in [0.4, 0.5) is 4.79 Å². The summed E-state index contributed by atoms with van der Waals surface area (Å²) in [5.41, 5.74) is 5.14. The van der Waals surface area contributed by atoms with Gasteiger partial charge in [0, 0.05) is 12.5 Å². The van der Waals surface area contributed by atoms with Gasteiger partial charge in [0.2, 0.25) is 0 Å². The Labute approximate surface area is 247 Å². The molecule has 8 nitrogen and oxygen atoms in total. The molecule has 0 spiro atoms. The maximum absolute atomic E-state index is 13.0. The van der Waals surface area contributed by atoms with Crippen LogP contribution in [0.2, 0.25) is 0 Å². The second kappa shape index (κ2) is 12.0. The maximum atomic E-state index is 13.0. The van der Waals surface area contributed by atoms with Crippen LogP contribution in [-0.2, 0) is 23.6 Å². The Kier molecular flexibility index (Phi) is 8.43. The molecule has 9 heteroatoms. The Balaban J connectivity index is 1.27. The predicted octanol–water partition coefficient (Wildman–Crippen LogP) is 5.79. The van der Waals surface area contributed by atoms with Crippen molar-refractivity contribution in [3.63, 3.8) is 0 Å². The molecule has 1 N–H and O–H groups in total. The summed E-state index contributed by atoms with van der Waals surface area (Å²) < 4.78 is 28.4. The molecule has 0 saturated carbocycles. The lowest BCUT2D eigenvalue weighted by molar-refractivity contribution is -0.142. The van der Waals surface area contributed by atoms with Gasteiger partial charge in [0.05, 0.1) is 18.3 Å². The van der Waals surface area contributed by atoms with E-state index in [2.05, 4.69) is 34.3 Å². The largest absolute Gasteiger partial charge is 0.492 e. The van der Waals surface area contributed by atoms with Crippen molar-refractivity contribution in [2.45, 2.75) is 44.8 Å². The third-order valence-corrected chi connectivity index (χ3v) is 8.15. The van der Waals surface area contributed by atoms with Gasteiger partial charge in [-0.3, -0.25) is 0 Å². The third kappa shape index (κ3) is 6.22. The number of amides is 1. The highest BCUT2D eigenvalue weighted by Crippen LogP contribution is 2.44. The smallest absolute Gasteiger partial charge is 0.482 e. The van der Waals surface area contributed by atoms with E-state index in [0.29, 0.717) is 5.75 Å². The van der Waals surface area contributed by atoms with Crippen LogP contribution in [0, 0.1) is 0 Å². The highest BCUT2D eigenvalue weighted by atomic mass is 16.7. The van der Waals surface area contributed by atoms with E-state index in [4.69, 9.17) is 18.8 Å². The van der Waals surface area contributed by atoms with Crippen LogP contribution in [0.25, 0.3) is 17.2 Å². The zero-order valence-electron chi connectivity index (χ0n) is 24.6. The molecule has 0 unspecified atom stereocenters. The number of fused-ring (bicyclic) bond motifs is 3. The number of rotatable bonds is 9. The Hall–Kier alpha value is -4.08. The molecule has 1 aliphatic heterocycles. The summed E-state index contributed by atoms with van der Waals surface area (Å²) in [6.45, 7) is 8.15. The molecule has 2 aliphatic rings. The SMILES string of the molecule is COC(=O)COc1ccc(C=C(CNC(=O)OCC2c3ccccc3-c3ccccc32)B2OC(C)(C)C(C)(C)O2)cc1. The van der Waals surface area contributed by atoms with E-state index < -0.39 is 30.4 Å². The van der Waals surface area contributed by atoms with Crippen molar-refractivity contribution < 1.29 is 33.1 Å². The lowest BCUT2D eigenvalue weighted by atomic mass is 9.77. The molecule has 42 heavy (non-hydrogen) atoms. The Bertz CT molecular complexity index is 1420. The van der Waals surface area contributed by atoms with E-state index in [1.807, 2.05) is 70.2 Å². The van der Waals surface area contributed by atoms with E-state index >= 15 is 0 Å². The number of hydrogen-bond donors (Lipinski definition) is 1. The van der Waals surface area contributed by atoms with Crippen LogP contribution in [0.3, 0.4) is 0 Å². The third-order valence-electron chi connectivity index (χ3n) is 8.15. The molecule has 218 valence electrons. The summed E-state index contributed by atoms with van der Waals surface area (Å²) in [6.07, 6.45) is 1.39. The summed E-state index contributed by atoms with van der Waals surface area (Å²) >= 11 is 0. The number of methoxy groups -OCH3 is 1. The molecule has 1 heterocycles. The summed E-state index contributed by atoms with van der Waals surface area (Å²) in [7, 11) is 0.645. The van der Waals surface area contributed by atoms with Crippen LogP contribution < -0.4 is 10.1 Å². The molecular weight excluding hydrogens is 533 g/mol. The molecule has 1 fully saturated rings. The van der Waals surface area contributed by atoms with Crippen molar-refractivity contribution in [1.82, 2.24) is 5.32 Å². The standard InChI is InChI=1S/C33H36BNO7/c1-32(2)33(3,4)42-34(41-32)23(18-22-14-16-24(17-15-22)39-21-30(36)38-5)19-35-31(37)40-20-29-27-12-8-6-10-25(27)26-11-7-9-13-28(26)29/h6-18,29H,19-21H2,1-5H3,(H,35,37). The van der Waals surface area contributed by atoms with Gasteiger partial charge in [0.25, 0.3) is 0 Å². The van der Waals surface area contributed by atoms with Crippen LogP contribution in [0.5, 0.6) is 5.75 Å². The molecule has 3 aromatic rings. The minimum Gasteiger partial charge on any atom is -0.482 e. The zero-order valence-corrected chi connectivity index (χ0v) is 24.6. The first-order valence-corrected chi connectivity index (χ1v) is 14.0. The fraction of sp³-hybridized carbons (Fsp3) is 0.333. The minimum atomic E-state index is -0.667. The molecule has 5 rings (SSSR count). The summed E-state index contributed by atoms with van der Waals surface area (Å²) in [5.74, 6) is 0.0500. The highest BCUT2D eigenvalue weighted by molar-refractivity contribution is 6.56. The molecule has 0 bridgehead atoms. The van der Waals surface area contributed by atoms with E-state index in [-0.39, 0.29) is 25.7 Å². The van der Waals surface area contributed by atoms with Gasteiger partial charge >= 0.3 is 19.2 Å². The first kappa shape index (κ1) is 29.4.